The number of hydrogen-bond acceptors (Lipinski definition) is 3. The molecule has 1 aromatic carbocycles. The molecule has 2 aromatic rings. The van der Waals surface area contributed by atoms with Crippen LogP contribution in [0.2, 0.25) is 0 Å². The number of nitrogens with zero attached hydrogens (tertiary/aromatic N) is 2. The summed E-state index contributed by atoms with van der Waals surface area (Å²) in [5.41, 5.74) is 6.63. The molecule has 1 aliphatic heterocycles. The lowest BCUT2D eigenvalue weighted by molar-refractivity contribution is 0.236. The minimum absolute atomic E-state index is 0.0523. The highest BCUT2D eigenvalue weighted by Crippen LogP contribution is 2.39. The van der Waals surface area contributed by atoms with Crippen LogP contribution in [-0.4, -0.2) is 23.0 Å². The lowest BCUT2D eigenvalue weighted by atomic mass is 9.76. The number of ether oxygens (including phenoxy) is 1. The smallest absolute Gasteiger partial charge is 0.180 e. The van der Waals surface area contributed by atoms with Crippen LogP contribution >= 0.6 is 0 Å². The zero-order chi connectivity index (χ0) is 15.2. The molecule has 3 nitrogen and oxygen atoms in total. The monoisotopic (exact) mass is 292 g/mol. The minimum Gasteiger partial charge on any atom is -0.479 e. The third-order valence-corrected chi connectivity index (χ3v) is 4.91. The highest BCUT2D eigenvalue weighted by molar-refractivity contribution is 5.76. The number of aliphatic imine (C=N–C) groups is 1. The Balaban J connectivity index is 1.83. The number of fused-ring (bicyclic) bond motifs is 1. The molecule has 1 spiro atoms. The van der Waals surface area contributed by atoms with Gasteiger partial charge in [0.25, 0.3) is 0 Å². The lowest BCUT2D eigenvalue weighted by Crippen LogP contribution is -2.35. The molecule has 1 atom stereocenters. The summed E-state index contributed by atoms with van der Waals surface area (Å²) in [5.74, 6) is 0.832. The van der Waals surface area contributed by atoms with Crippen LogP contribution in [0.1, 0.15) is 30.0 Å². The molecular formula is C19H20N2O. The van der Waals surface area contributed by atoms with Crippen molar-refractivity contribution in [2.45, 2.75) is 38.6 Å². The van der Waals surface area contributed by atoms with Crippen molar-refractivity contribution >= 4 is 5.90 Å². The molecule has 4 rings (SSSR count). The van der Waals surface area contributed by atoms with Crippen LogP contribution in [-0.2, 0) is 17.6 Å². The zero-order valence-corrected chi connectivity index (χ0v) is 13.1. The summed E-state index contributed by atoms with van der Waals surface area (Å²) in [7, 11) is 0. The maximum Gasteiger partial charge on any atom is 0.180 e. The largest absolute Gasteiger partial charge is 0.479 e. The molecule has 1 aromatic heterocycles. The number of aromatic nitrogens is 1. The molecule has 0 fully saturated rings. The van der Waals surface area contributed by atoms with Crippen LogP contribution < -0.4 is 0 Å². The quantitative estimate of drug-likeness (QED) is 0.802. The summed E-state index contributed by atoms with van der Waals surface area (Å²) < 4.78 is 5.67. The van der Waals surface area contributed by atoms with E-state index in [0.29, 0.717) is 0 Å². The van der Waals surface area contributed by atoms with E-state index in [1.165, 1.54) is 27.8 Å². The average molecular weight is 292 g/mol. The van der Waals surface area contributed by atoms with Gasteiger partial charge in [0, 0.05) is 31.3 Å². The van der Waals surface area contributed by atoms with Gasteiger partial charge in [-0.25, -0.2) is 4.99 Å². The number of pyridine rings is 1. The first-order valence-corrected chi connectivity index (χ1v) is 7.88. The molecule has 2 aliphatic rings. The average Bonchev–Trinajstić information content (AvgIpc) is 2.88. The second-order valence-corrected chi connectivity index (χ2v) is 6.45. The molecule has 0 saturated carbocycles. The van der Waals surface area contributed by atoms with E-state index in [-0.39, 0.29) is 5.54 Å². The minimum atomic E-state index is -0.0523. The molecule has 0 unspecified atom stereocenters. The highest BCUT2D eigenvalue weighted by atomic mass is 16.5. The third-order valence-electron chi connectivity index (χ3n) is 4.91. The van der Waals surface area contributed by atoms with Gasteiger partial charge in [-0.1, -0.05) is 18.2 Å². The second kappa shape index (κ2) is 4.94. The first-order valence-electron chi connectivity index (χ1n) is 7.88. The molecule has 0 amide bonds. The summed E-state index contributed by atoms with van der Waals surface area (Å²) in [6.07, 6.45) is 6.94. The van der Waals surface area contributed by atoms with E-state index in [1.807, 2.05) is 19.3 Å². The SMILES string of the molecule is CC1=N[C@]2(CCc3cccc(-c4cnccc4C)c3C2)CO1. The molecule has 1 aliphatic carbocycles. The number of benzene rings is 1. The second-order valence-electron chi connectivity index (χ2n) is 6.45. The summed E-state index contributed by atoms with van der Waals surface area (Å²) in [6, 6.07) is 8.71. The molecule has 2 heterocycles. The van der Waals surface area contributed by atoms with E-state index in [9.17, 15) is 0 Å². The fourth-order valence-electron chi connectivity index (χ4n) is 3.72. The summed E-state index contributed by atoms with van der Waals surface area (Å²) in [4.78, 5) is 9.13. The Bertz CT molecular complexity index is 766. The molecule has 22 heavy (non-hydrogen) atoms. The van der Waals surface area contributed by atoms with Crippen LogP contribution in [0.15, 0.2) is 41.7 Å². The Kier molecular flexibility index (Phi) is 3.03. The van der Waals surface area contributed by atoms with E-state index >= 15 is 0 Å². The Labute approximate surface area is 131 Å². The van der Waals surface area contributed by atoms with Gasteiger partial charge in [-0.2, -0.15) is 0 Å². The normalized spacial score (nSPS) is 23.1. The van der Waals surface area contributed by atoms with Crippen molar-refractivity contribution in [3.63, 3.8) is 0 Å². The summed E-state index contributed by atoms with van der Waals surface area (Å²) in [5, 5.41) is 0. The Morgan fingerprint density at radius 1 is 1.14 bits per heavy atom. The van der Waals surface area contributed by atoms with E-state index in [4.69, 9.17) is 9.73 Å². The van der Waals surface area contributed by atoms with Gasteiger partial charge in [-0.3, -0.25) is 4.98 Å². The zero-order valence-electron chi connectivity index (χ0n) is 13.1. The van der Waals surface area contributed by atoms with Gasteiger partial charge in [-0.15, -0.1) is 0 Å². The first kappa shape index (κ1) is 13.5. The Hall–Kier alpha value is -2.16. The molecule has 0 N–H and O–H groups in total. The fraction of sp³-hybridized carbons (Fsp3) is 0.368. The van der Waals surface area contributed by atoms with Crippen LogP contribution in [0.25, 0.3) is 11.1 Å². The summed E-state index contributed by atoms with van der Waals surface area (Å²) in [6.45, 7) is 4.83. The van der Waals surface area contributed by atoms with E-state index in [0.717, 1.165) is 31.8 Å². The first-order chi connectivity index (χ1) is 10.7. The van der Waals surface area contributed by atoms with Crippen molar-refractivity contribution in [3.05, 3.63) is 53.3 Å². The van der Waals surface area contributed by atoms with Crippen molar-refractivity contribution in [2.75, 3.05) is 6.61 Å². The molecule has 0 bridgehead atoms. The van der Waals surface area contributed by atoms with Gasteiger partial charge >= 0.3 is 0 Å². The number of aryl methyl sites for hydroxylation is 2. The van der Waals surface area contributed by atoms with Crippen LogP contribution in [0, 0.1) is 6.92 Å². The number of rotatable bonds is 1. The van der Waals surface area contributed by atoms with Gasteiger partial charge in [-0.05, 0) is 48.1 Å². The van der Waals surface area contributed by atoms with Crippen LogP contribution in [0.4, 0.5) is 0 Å². The van der Waals surface area contributed by atoms with Crippen molar-refractivity contribution in [1.29, 1.82) is 0 Å². The van der Waals surface area contributed by atoms with E-state index < -0.39 is 0 Å². The standard InChI is InChI=1S/C19H20N2O/c1-13-7-9-20-11-18(13)16-5-3-4-15-6-8-19(10-17(15)16)12-22-14(2)21-19/h3-5,7,9,11H,6,8,10,12H2,1-2H3/t19-/m0/s1. The lowest BCUT2D eigenvalue weighted by Gasteiger charge is -2.32. The fourth-order valence-corrected chi connectivity index (χ4v) is 3.72. The van der Waals surface area contributed by atoms with Crippen LogP contribution in [0.3, 0.4) is 0 Å². The van der Waals surface area contributed by atoms with Crippen molar-refractivity contribution < 1.29 is 4.74 Å². The van der Waals surface area contributed by atoms with E-state index in [1.54, 1.807) is 0 Å². The maximum absolute atomic E-state index is 5.67. The topological polar surface area (TPSA) is 34.5 Å². The van der Waals surface area contributed by atoms with Crippen LogP contribution in [0.5, 0.6) is 0 Å². The van der Waals surface area contributed by atoms with Crippen molar-refractivity contribution in [3.8, 4) is 11.1 Å². The molecule has 0 radical (unpaired) electrons. The summed E-state index contributed by atoms with van der Waals surface area (Å²) >= 11 is 0. The third kappa shape index (κ3) is 2.12. The molecule has 112 valence electrons. The number of hydrogen-bond donors (Lipinski definition) is 0. The van der Waals surface area contributed by atoms with Gasteiger partial charge in [0.15, 0.2) is 5.90 Å². The van der Waals surface area contributed by atoms with E-state index in [2.05, 4.69) is 36.2 Å². The predicted molar refractivity (Wildman–Crippen MR) is 88.2 cm³/mol. The van der Waals surface area contributed by atoms with Gasteiger partial charge < -0.3 is 4.74 Å². The van der Waals surface area contributed by atoms with Crippen molar-refractivity contribution in [1.82, 2.24) is 4.98 Å². The van der Waals surface area contributed by atoms with Crippen molar-refractivity contribution in [2.24, 2.45) is 4.99 Å². The molecule has 3 heteroatoms. The Morgan fingerprint density at radius 3 is 2.82 bits per heavy atom. The maximum atomic E-state index is 5.67. The predicted octanol–water partition coefficient (Wildman–Crippen LogP) is 3.73. The molecule has 0 saturated heterocycles. The van der Waals surface area contributed by atoms with Gasteiger partial charge in [0.05, 0.1) is 0 Å². The molecular weight excluding hydrogens is 272 g/mol. The van der Waals surface area contributed by atoms with Gasteiger partial charge in [0.1, 0.15) is 12.1 Å². The highest BCUT2D eigenvalue weighted by Gasteiger charge is 2.39. The Morgan fingerprint density at radius 2 is 2.05 bits per heavy atom. The van der Waals surface area contributed by atoms with Gasteiger partial charge in [0.2, 0.25) is 0 Å².